The van der Waals surface area contributed by atoms with Crippen LogP contribution in [0.5, 0.6) is 0 Å². The van der Waals surface area contributed by atoms with E-state index in [1.165, 1.54) is 44.9 Å². The van der Waals surface area contributed by atoms with Gasteiger partial charge in [-0.1, -0.05) is 96.8 Å². The molecule has 0 saturated carbocycles. The molecule has 0 aliphatic heterocycles. The Labute approximate surface area is 236 Å². The fraction of sp³-hybridized carbons (Fsp3) is 0.955. The molecule has 0 spiro atoms. The van der Waals surface area contributed by atoms with Crippen molar-refractivity contribution in [3.05, 3.63) is 0 Å². The largest absolute Gasteiger partial charge is 1.00 e. The van der Waals surface area contributed by atoms with E-state index in [-0.39, 0.29) is 37.4 Å². The van der Waals surface area contributed by atoms with Gasteiger partial charge < -0.3 is 5.61 Å². The number of carbonyl (C=O) groups is 1. The van der Waals surface area contributed by atoms with Crippen molar-refractivity contribution in [1.82, 2.24) is 0 Å². The van der Waals surface area contributed by atoms with Gasteiger partial charge in [0, 0.05) is 6.42 Å². The molecule has 0 N–H and O–H groups in total. The van der Waals surface area contributed by atoms with Crippen LogP contribution < -0.4 is 29.6 Å². The zero-order valence-electron chi connectivity index (χ0n) is 22.3. The number of rotatable bonds is 20. The van der Waals surface area contributed by atoms with Crippen LogP contribution in [0.1, 0.15) is 111 Å². The Morgan fingerprint density at radius 2 is 0.946 bits per heavy atom. The van der Waals surface area contributed by atoms with E-state index in [1.54, 1.807) is 0 Å². The van der Waals surface area contributed by atoms with E-state index in [9.17, 15) is 52.7 Å². The van der Waals surface area contributed by atoms with Crippen LogP contribution in [0.3, 0.4) is 0 Å². The molecule has 0 radical (unpaired) electrons. The Morgan fingerprint density at radius 3 is 1.27 bits per heavy atom. The van der Waals surface area contributed by atoms with Gasteiger partial charge in [-0.2, -0.15) is 47.9 Å². The Morgan fingerprint density at radius 1 is 0.622 bits per heavy atom. The molecule has 0 bridgehead atoms. The van der Waals surface area contributed by atoms with E-state index in [0.29, 0.717) is 12.8 Å². The second kappa shape index (κ2) is 17.5. The van der Waals surface area contributed by atoms with Crippen molar-refractivity contribution in [1.29, 1.82) is 0 Å². The van der Waals surface area contributed by atoms with Crippen molar-refractivity contribution >= 4 is 16.1 Å². The normalized spacial score (nSPS) is 13.4. The van der Waals surface area contributed by atoms with Gasteiger partial charge in [-0.3, -0.25) is 4.79 Å². The van der Waals surface area contributed by atoms with Crippen molar-refractivity contribution in [3.8, 4) is 0 Å². The van der Waals surface area contributed by atoms with E-state index < -0.39 is 45.8 Å². The molecule has 37 heavy (non-hydrogen) atoms. The van der Waals surface area contributed by atoms with Crippen LogP contribution in [-0.2, 0) is 19.1 Å². The summed E-state index contributed by atoms with van der Waals surface area (Å²) in [4.78, 5) is 11.4. The van der Waals surface area contributed by atoms with E-state index in [2.05, 4.69) is 11.1 Å². The van der Waals surface area contributed by atoms with Gasteiger partial charge in [0.15, 0.2) is 0 Å². The molecule has 0 aromatic rings. The standard InChI is InChI=1S/C22H35F9O4S.Na.H/c1-2-3-4-5-6-7-8-9-10-11-12-13-14-15-16-17-18(32)35-36(33,34)22(30,31)20(25,26)19(23,24)21(27,28)29;;/h2-17H2,1H3;;/q;+1;-1. The third-order valence-corrected chi connectivity index (χ3v) is 6.91. The first-order chi connectivity index (χ1) is 16.5. The predicted molar refractivity (Wildman–Crippen MR) is 117 cm³/mol. The number of hydrogen-bond donors (Lipinski definition) is 0. The summed E-state index contributed by atoms with van der Waals surface area (Å²) < 4.78 is 141. The van der Waals surface area contributed by atoms with Crippen molar-refractivity contribution in [3.63, 3.8) is 0 Å². The molecule has 0 saturated heterocycles. The average molecular weight is 591 g/mol. The summed E-state index contributed by atoms with van der Waals surface area (Å²) in [5.41, 5.74) is 0. The van der Waals surface area contributed by atoms with Gasteiger partial charge in [0.2, 0.25) is 0 Å². The van der Waals surface area contributed by atoms with Gasteiger partial charge in [-0.25, -0.2) is 0 Å². The summed E-state index contributed by atoms with van der Waals surface area (Å²) in [6, 6.07) is 0. The minimum atomic E-state index is -7.42. The fourth-order valence-electron chi connectivity index (χ4n) is 3.37. The fourth-order valence-corrected chi connectivity index (χ4v) is 4.25. The number of carbonyl (C=O) groups excluding carboxylic acids is 1. The first-order valence-electron chi connectivity index (χ1n) is 12.1. The van der Waals surface area contributed by atoms with Crippen LogP contribution in [-0.4, -0.2) is 37.7 Å². The Bertz CT molecular complexity index is 752. The van der Waals surface area contributed by atoms with Crippen LogP contribution in [0.4, 0.5) is 39.5 Å². The SMILES string of the molecule is CCCCCCCCCCCCCCCCCC(=O)OS(=O)(=O)C(F)(F)C(F)(F)C(F)(F)C(F)(F)F.[H-].[Na+]. The molecule has 0 aromatic heterocycles. The summed E-state index contributed by atoms with van der Waals surface area (Å²) in [6.07, 6.45) is 6.38. The second-order valence-electron chi connectivity index (χ2n) is 8.77. The summed E-state index contributed by atoms with van der Waals surface area (Å²) in [6.45, 7) is 2.17. The van der Waals surface area contributed by atoms with Gasteiger partial charge in [0.05, 0.1) is 0 Å². The van der Waals surface area contributed by atoms with Crippen molar-refractivity contribution < 1.29 is 87.9 Å². The molecule has 0 atom stereocenters. The third kappa shape index (κ3) is 12.2. The van der Waals surface area contributed by atoms with Crippen molar-refractivity contribution in [2.24, 2.45) is 0 Å². The number of alkyl halides is 9. The molecule has 0 fully saturated rings. The third-order valence-electron chi connectivity index (χ3n) is 5.62. The summed E-state index contributed by atoms with van der Waals surface area (Å²) in [7, 11) is -7.14. The molecule has 0 aliphatic rings. The molecule has 0 heterocycles. The molecule has 4 nitrogen and oxygen atoms in total. The maximum Gasteiger partial charge on any atom is 1.00 e. The minimum absolute atomic E-state index is 0. The molecule has 0 rings (SSSR count). The zero-order valence-corrected chi connectivity index (χ0v) is 24.1. The minimum Gasteiger partial charge on any atom is -1.00 e. The van der Waals surface area contributed by atoms with E-state index in [4.69, 9.17) is 0 Å². The smallest absolute Gasteiger partial charge is 1.00 e. The van der Waals surface area contributed by atoms with Crippen molar-refractivity contribution in [2.75, 3.05) is 0 Å². The Kier molecular flexibility index (Phi) is 18.4. The quantitative estimate of drug-likeness (QED) is 0.0795. The van der Waals surface area contributed by atoms with Gasteiger partial charge in [-0.05, 0) is 6.42 Å². The summed E-state index contributed by atoms with van der Waals surface area (Å²) >= 11 is 0. The molecule has 0 unspecified atom stereocenters. The van der Waals surface area contributed by atoms with Crippen LogP contribution in [0.15, 0.2) is 0 Å². The van der Waals surface area contributed by atoms with Gasteiger partial charge in [0.25, 0.3) is 0 Å². The first-order valence-corrected chi connectivity index (χ1v) is 13.5. The molecule has 0 aliphatic carbocycles. The monoisotopic (exact) mass is 590 g/mol. The number of halogens is 9. The number of unbranched alkanes of at least 4 members (excludes halogenated alkanes) is 14. The maximum absolute atomic E-state index is 13.5. The topological polar surface area (TPSA) is 60.4 Å². The number of hydrogen-bond acceptors (Lipinski definition) is 4. The summed E-state index contributed by atoms with van der Waals surface area (Å²) in [5, 5.41) is -7.02. The molecule has 0 amide bonds. The van der Waals surface area contributed by atoms with E-state index in [1.807, 2.05) is 0 Å². The molecule has 15 heteroatoms. The van der Waals surface area contributed by atoms with Gasteiger partial charge in [-0.15, -0.1) is 0 Å². The van der Waals surface area contributed by atoms with Gasteiger partial charge >= 0.3 is 68.9 Å². The van der Waals surface area contributed by atoms with Crippen LogP contribution >= 0.6 is 0 Å². The Balaban J connectivity index is -0.00000612. The zero-order chi connectivity index (χ0) is 28.1. The molecular formula is C22H36F9NaO4S. The predicted octanol–water partition coefficient (Wildman–Crippen LogP) is 5.66. The van der Waals surface area contributed by atoms with Crippen molar-refractivity contribution in [2.45, 2.75) is 133 Å². The molecule has 218 valence electrons. The van der Waals surface area contributed by atoms with Crippen LogP contribution in [0.2, 0.25) is 0 Å². The maximum atomic E-state index is 13.5. The van der Waals surface area contributed by atoms with Gasteiger partial charge in [0.1, 0.15) is 0 Å². The molecule has 0 aromatic carbocycles. The Hall–Kier alpha value is -0.210. The molecular weight excluding hydrogens is 554 g/mol. The average Bonchev–Trinajstić information content (AvgIpc) is 2.74. The van der Waals surface area contributed by atoms with Crippen LogP contribution in [0, 0.1) is 0 Å². The van der Waals surface area contributed by atoms with E-state index >= 15 is 0 Å². The van der Waals surface area contributed by atoms with Crippen LogP contribution in [0.25, 0.3) is 0 Å². The second-order valence-corrected chi connectivity index (χ2v) is 10.4. The van der Waals surface area contributed by atoms with E-state index in [0.717, 1.165) is 32.1 Å². The first kappa shape index (κ1) is 38.9. The summed E-state index contributed by atoms with van der Waals surface area (Å²) in [5.74, 6) is -16.8.